The lowest BCUT2D eigenvalue weighted by Gasteiger charge is -2.37. The van der Waals surface area contributed by atoms with E-state index in [2.05, 4.69) is 0 Å². The van der Waals surface area contributed by atoms with Gasteiger partial charge >= 0.3 is 6.16 Å². The van der Waals surface area contributed by atoms with Gasteiger partial charge < -0.3 is 39.4 Å². The summed E-state index contributed by atoms with van der Waals surface area (Å²) < 4.78 is 19.4. The molecule has 6 atom stereocenters. The van der Waals surface area contributed by atoms with Gasteiger partial charge in [-0.05, 0) is 0 Å². The molecule has 1 aliphatic rings. The molecule has 124 valence electrons. The van der Waals surface area contributed by atoms with Crippen molar-refractivity contribution in [2.45, 2.75) is 43.0 Å². The molecule has 0 bridgehead atoms. The summed E-state index contributed by atoms with van der Waals surface area (Å²) in [5.41, 5.74) is 0. The molecule has 1 fully saturated rings. The molecule has 21 heavy (non-hydrogen) atoms. The van der Waals surface area contributed by atoms with Gasteiger partial charge in [-0.25, -0.2) is 4.79 Å². The molecule has 0 aromatic carbocycles. The Morgan fingerprint density at radius 3 is 2.33 bits per heavy atom. The van der Waals surface area contributed by atoms with Crippen LogP contribution in [-0.2, 0) is 18.9 Å². The number of aliphatic hydroxyl groups is 4. The monoisotopic (exact) mass is 310 g/mol. The van der Waals surface area contributed by atoms with Crippen LogP contribution in [0.4, 0.5) is 4.79 Å². The van der Waals surface area contributed by atoms with Crippen molar-refractivity contribution in [1.82, 2.24) is 0 Å². The Balaban J connectivity index is 2.43. The summed E-state index contributed by atoms with van der Waals surface area (Å²) in [6.07, 6.45) is -8.82. The molecule has 1 saturated carbocycles. The van der Waals surface area contributed by atoms with Gasteiger partial charge in [0.05, 0.1) is 12.7 Å². The quantitative estimate of drug-likeness (QED) is 0.411. The van der Waals surface area contributed by atoms with E-state index < -0.39 is 42.8 Å². The van der Waals surface area contributed by atoms with Crippen molar-refractivity contribution in [3.63, 3.8) is 0 Å². The van der Waals surface area contributed by atoms with Gasteiger partial charge in [-0.3, -0.25) is 0 Å². The van der Waals surface area contributed by atoms with Crippen LogP contribution in [0.2, 0.25) is 0 Å². The Morgan fingerprint density at radius 1 is 1.10 bits per heavy atom. The summed E-state index contributed by atoms with van der Waals surface area (Å²) in [7, 11) is 2.90. The van der Waals surface area contributed by atoms with Gasteiger partial charge in [-0.2, -0.15) is 0 Å². The fraction of sp³-hybridized carbons (Fsp3) is 0.917. The maximum absolute atomic E-state index is 11.5. The molecule has 0 aromatic heterocycles. The lowest BCUT2D eigenvalue weighted by molar-refractivity contribution is -0.181. The van der Waals surface area contributed by atoms with E-state index in [1.165, 1.54) is 14.2 Å². The fourth-order valence-corrected chi connectivity index (χ4v) is 1.97. The Hall–Kier alpha value is -0.970. The molecule has 0 aromatic rings. The molecule has 1 rings (SSSR count). The first-order chi connectivity index (χ1) is 9.90. The maximum Gasteiger partial charge on any atom is 0.508 e. The minimum absolute atomic E-state index is 0.111. The molecule has 9 nitrogen and oxygen atoms in total. The first-order valence-corrected chi connectivity index (χ1v) is 6.48. The normalized spacial score (nSPS) is 34.3. The summed E-state index contributed by atoms with van der Waals surface area (Å²) in [5.74, 6) is 0. The molecule has 0 spiro atoms. The van der Waals surface area contributed by atoms with Crippen molar-refractivity contribution in [2.24, 2.45) is 0 Å². The van der Waals surface area contributed by atoms with E-state index in [4.69, 9.17) is 18.9 Å². The van der Waals surface area contributed by atoms with Crippen molar-refractivity contribution >= 4 is 6.16 Å². The van der Waals surface area contributed by atoms with Crippen LogP contribution in [0.5, 0.6) is 0 Å². The first kappa shape index (κ1) is 18.1. The largest absolute Gasteiger partial charge is 0.508 e. The van der Waals surface area contributed by atoms with E-state index >= 15 is 0 Å². The lowest BCUT2D eigenvalue weighted by Crippen LogP contribution is -2.56. The highest BCUT2D eigenvalue weighted by Crippen LogP contribution is 2.23. The van der Waals surface area contributed by atoms with E-state index in [1.807, 2.05) is 0 Å². The standard InChI is InChI=1S/C12H22O9/c1-18-4-6(19-2)5-20-12(17)21-8-3-7(13)9(14)11(16)10(8)15/h6-11,13-16H,3-5H2,1-2H3. The predicted octanol–water partition coefficient (Wildman–Crippen LogP) is -1.98. The SMILES string of the molecule is COCC(COC(=O)OC1CC(O)C(O)C(O)C1O)OC. The Labute approximate surface area is 122 Å². The number of carbonyl (C=O) groups excluding carboxylic acids is 1. The van der Waals surface area contributed by atoms with E-state index in [9.17, 15) is 25.2 Å². The van der Waals surface area contributed by atoms with Crippen molar-refractivity contribution in [3.8, 4) is 0 Å². The lowest BCUT2D eigenvalue weighted by atomic mass is 9.87. The third-order valence-corrected chi connectivity index (χ3v) is 3.27. The molecule has 4 N–H and O–H groups in total. The number of aliphatic hydroxyl groups excluding tert-OH is 4. The molecular weight excluding hydrogens is 288 g/mol. The highest BCUT2D eigenvalue weighted by Gasteiger charge is 2.44. The second-order valence-electron chi connectivity index (χ2n) is 4.81. The van der Waals surface area contributed by atoms with Gasteiger partial charge in [0.15, 0.2) is 0 Å². The number of hydrogen-bond acceptors (Lipinski definition) is 9. The zero-order valence-electron chi connectivity index (χ0n) is 11.9. The van der Waals surface area contributed by atoms with Crippen molar-refractivity contribution in [3.05, 3.63) is 0 Å². The van der Waals surface area contributed by atoms with Gasteiger partial charge in [0.1, 0.15) is 37.1 Å². The minimum Gasteiger partial charge on any atom is -0.431 e. The van der Waals surface area contributed by atoms with Crippen LogP contribution >= 0.6 is 0 Å². The number of methoxy groups -OCH3 is 2. The van der Waals surface area contributed by atoms with E-state index in [0.717, 1.165) is 0 Å². The van der Waals surface area contributed by atoms with Gasteiger partial charge in [-0.1, -0.05) is 0 Å². The summed E-state index contributed by atoms with van der Waals surface area (Å²) >= 11 is 0. The van der Waals surface area contributed by atoms with Crippen LogP contribution < -0.4 is 0 Å². The van der Waals surface area contributed by atoms with Crippen LogP contribution in [0.1, 0.15) is 6.42 Å². The number of ether oxygens (including phenoxy) is 4. The summed E-state index contributed by atoms with van der Waals surface area (Å²) in [4.78, 5) is 11.5. The number of hydrogen-bond donors (Lipinski definition) is 4. The molecule has 0 saturated heterocycles. The Kier molecular flexibility index (Phi) is 7.29. The van der Waals surface area contributed by atoms with E-state index in [0.29, 0.717) is 0 Å². The molecule has 0 amide bonds. The topological polar surface area (TPSA) is 135 Å². The van der Waals surface area contributed by atoms with E-state index in [1.54, 1.807) is 0 Å². The van der Waals surface area contributed by atoms with Gasteiger partial charge in [0.2, 0.25) is 0 Å². The molecule has 0 heterocycles. The van der Waals surface area contributed by atoms with Crippen LogP contribution in [0.3, 0.4) is 0 Å². The predicted molar refractivity (Wildman–Crippen MR) is 67.5 cm³/mol. The maximum atomic E-state index is 11.5. The van der Waals surface area contributed by atoms with Crippen molar-refractivity contribution in [1.29, 1.82) is 0 Å². The van der Waals surface area contributed by atoms with Crippen molar-refractivity contribution < 1.29 is 44.2 Å². The molecule has 0 aliphatic heterocycles. The minimum atomic E-state index is -1.60. The van der Waals surface area contributed by atoms with Crippen LogP contribution in [-0.4, -0.2) is 90.6 Å². The average Bonchev–Trinajstić information content (AvgIpc) is 2.46. The molecule has 1 aliphatic carbocycles. The zero-order valence-corrected chi connectivity index (χ0v) is 11.9. The van der Waals surface area contributed by atoms with Crippen LogP contribution in [0.25, 0.3) is 0 Å². The van der Waals surface area contributed by atoms with Gasteiger partial charge in [0.25, 0.3) is 0 Å². The molecule has 6 unspecified atom stereocenters. The average molecular weight is 310 g/mol. The number of rotatable bonds is 6. The summed E-state index contributed by atoms with van der Waals surface area (Å²) in [6, 6.07) is 0. The van der Waals surface area contributed by atoms with Gasteiger partial charge in [0, 0.05) is 20.6 Å². The van der Waals surface area contributed by atoms with Crippen LogP contribution in [0, 0.1) is 0 Å². The highest BCUT2D eigenvalue weighted by molar-refractivity contribution is 5.60. The summed E-state index contributed by atoms with van der Waals surface area (Å²) in [6.45, 7) is 0.110. The smallest absolute Gasteiger partial charge is 0.431 e. The Morgan fingerprint density at radius 2 is 1.76 bits per heavy atom. The fourth-order valence-electron chi connectivity index (χ4n) is 1.97. The third-order valence-electron chi connectivity index (χ3n) is 3.27. The third kappa shape index (κ3) is 5.06. The highest BCUT2D eigenvalue weighted by atomic mass is 16.7. The second-order valence-corrected chi connectivity index (χ2v) is 4.81. The zero-order chi connectivity index (χ0) is 16.0. The first-order valence-electron chi connectivity index (χ1n) is 6.48. The van der Waals surface area contributed by atoms with E-state index in [-0.39, 0.29) is 19.6 Å². The van der Waals surface area contributed by atoms with Crippen LogP contribution in [0.15, 0.2) is 0 Å². The molecule has 0 radical (unpaired) electrons. The van der Waals surface area contributed by atoms with Gasteiger partial charge in [-0.15, -0.1) is 0 Å². The molecular formula is C12H22O9. The summed E-state index contributed by atoms with van der Waals surface area (Å²) in [5, 5.41) is 38.0. The van der Waals surface area contributed by atoms with Crippen molar-refractivity contribution in [2.75, 3.05) is 27.4 Å². The number of carbonyl (C=O) groups is 1. The second kappa shape index (κ2) is 8.47. The Bertz CT molecular complexity index is 324. The molecule has 9 heteroatoms.